The molecule has 0 aliphatic heterocycles. The Labute approximate surface area is 143 Å². The van der Waals surface area contributed by atoms with Gasteiger partial charge in [-0.15, -0.1) is 0 Å². The lowest BCUT2D eigenvalue weighted by Gasteiger charge is -2.10. The molecular weight excluding hydrogens is 331 g/mol. The molecule has 7 heteroatoms. The summed E-state index contributed by atoms with van der Waals surface area (Å²) in [7, 11) is 1.45. The molecule has 3 aromatic rings. The van der Waals surface area contributed by atoms with Crippen LogP contribution in [0.1, 0.15) is 16.1 Å². The summed E-state index contributed by atoms with van der Waals surface area (Å²) in [5.74, 6) is -1.23. The van der Waals surface area contributed by atoms with E-state index in [9.17, 15) is 9.18 Å². The third kappa shape index (κ3) is 3.00. The fourth-order valence-corrected chi connectivity index (χ4v) is 2.54. The van der Waals surface area contributed by atoms with Gasteiger partial charge in [-0.25, -0.2) is 4.68 Å². The summed E-state index contributed by atoms with van der Waals surface area (Å²) in [4.78, 5) is 16.7. The number of aromatic nitrogens is 3. The van der Waals surface area contributed by atoms with E-state index in [0.717, 1.165) is 4.68 Å². The smallest absolute Gasteiger partial charge is 0.262 e. The molecule has 0 unspecified atom stereocenters. The standard InChI is InChI=1S/C17H14ClFN4O/c1-10-15(16(19)23(2)22-10)17(24)21-14-6-4-3-5-12(14)13-8-7-11(18)9-20-13/h3-9H,1-2H3,(H,21,24). The molecule has 1 aromatic carbocycles. The van der Waals surface area contributed by atoms with Gasteiger partial charge in [0.15, 0.2) is 0 Å². The van der Waals surface area contributed by atoms with E-state index in [0.29, 0.717) is 27.7 Å². The van der Waals surface area contributed by atoms with Crippen LogP contribution in [0, 0.1) is 12.9 Å². The van der Waals surface area contributed by atoms with Gasteiger partial charge in [0.25, 0.3) is 5.91 Å². The Morgan fingerprint density at radius 2 is 2.00 bits per heavy atom. The van der Waals surface area contributed by atoms with Gasteiger partial charge in [0.1, 0.15) is 5.56 Å². The number of nitrogens with one attached hydrogen (secondary N) is 1. The maximum Gasteiger partial charge on any atom is 0.262 e. The molecule has 2 aromatic heterocycles. The van der Waals surface area contributed by atoms with Crippen molar-refractivity contribution < 1.29 is 9.18 Å². The topological polar surface area (TPSA) is 59.8 Å². The zero-order valence-electron chi connectivity index (χ0n) is 13.0. The highest BCUT2D eigenvalue weighted by Crippen LogP contribution is 2.27. The molecule has 0 radical (unpaired) electrons. The lowest BCUT2D eigenvalue weighted by Crippen LogP contribution is -2.15. The van der Waals surface area contributed by atoms with Gasteiger partial charge in [0.05, 0.1) is 22.1 Å². The van der Waals surface area contributed by atoms with E-state index in [-0.39, 0.29) is 5.56 Å². The van der Waals surface area contributed by atoms with Crippen molar-refractivity contribution in [2.75, 3.05) is 5.32 Å². The minimum Gasteiger partial charge on any atom is -0.321 e. The normalized spacial score (nSPS) is 10.7. The second kappa shape index (κ2) is 6.41. The zero-order chi connectivity index (χ0) is 17.3. The Balaban J connectivity index is 1.96. The van der Waals surface area contributed by atoms with E-state index in [1.165, 1.54) is 13.2 Å². The minimum atomic E-state index is -0.674. The molecule has 0 aliphatic rings. The Morgan fingerprint density at radius 1 is 1.25 bits per heavy atom. The van der Waals surface area contributed by atoms with Crippen molar-refractivity contribution in [2.24, 2.45) is 7.05 Å². The number of nitrogens with zero attached hydrogens (tertiary/aromatic N) is 3. The van der Waals surface area contributed by atoms with E-state index in [4.69, 9.17) is 11.6 Å². The number of benzene rings is 1. The average Bonchev–Trinajstić information content (AvgIpc) is 2.81. The molecule has 0 saturated heterocycles. The predicted molar refractivity (Wildman–Crippen MR) is 90.5 cm³/mol. The van der Waals surface area contributed by atoms with Crippen molar-refractivity contribution in [2.45, 2.75) is 6.92 Å². The van der Waals surface area contributed by atoms with Crippen LogP contribution in [-0.4, -0.2) is 20.7 Å². The van der Waals surface area contributed by atoms with Crippen LogP contribution < -0.4 is 5.32 Å². The number of amides is 1. The largest absolute Gasteiger partial charge is 0.321 e. The summed E-state index contributed by atoms with van der Waals surface area (Å²) >= 11 is 5.86. The fraction of sp³-hybridized carbons (Fsp3) is 0.118. The number of hydrogen-bond acceptors (Lipinski definition) is 3. The molecule has 1 amide bonds. The minimum absolute atomic E-state index is 0.0728. The lowest BCUT2D eigenvalue weighted by atomic mass is 10.1. The molecule has 0 fully saturated rings. The highest BCUT2D eigenvalue weighted by molar-refractivity contribution is 6.30. The van der Waals surface area contributed by atoms with Crippen molar-refractivity contribution >= 4 is 23.2 Å². The zero-order valence-corrected chi connectivity index (χ0v) is 13.8. The van der Waals surface area contributed by atoms with Crippen LogP contribution in [0.5, 0.6) is 0 Å². The van der Waals surface area contributed by atoms with Gasteiger partial charge in [-0.2, -0.15) is 9.49 Å². The number of anilines is 1. The van der Waals surface area contributed by atoms with Crippen LogP contribution in [-0.2, 0) is 7.05 Å². The molecule has 0 bridgehead atoms. The van der Waals surface area contributed by atoms with Crippen LogP contribution in [0.25, 0.3) is 11.3 Å². The molecule has 0 aliphatic carbocycles. The van der Waals surface area contributed by atoms with Gasteiger partial charge in [-0.05, 0) is 25.1 Å². The van der Waals surface area contributed by atoms with Gasteiger partial charge in [0, 0.05) is 18.8 Å². The molecule has 1 N–H and O–H groups in total. The first kappa shape index (κ1) is 16.1. The summed E-state index contributed by atoms with van der Waals surface area (Å²) in [5, 5.41) is 7.17. The number of para-hydroxylation sites is 1. The summed E-state index contributed by atoms with van der Waals surface area (Å²) in [5.41, 5.74) is 2.15. The highest BCUT2D eigenvalue weighted by atomic mass is 35.5. The number of pyridine rings is 1. The van der Waals surface area contributed by atoms with E-state index in [1.54, 1.807) is 31.2 Å². The first-order chi connectivity index (χ1) is 11.5. The molecule has 2 heterocycles. The molecule has 24 heavy (non-hydrogen) atoms. The van der Waals surface area contributed by atoms with Crippen LogP contribution >= 0.6 is 11.6 Å². The highest BCUT2D eigenvalue weighted by Gasteiger charge is 2.21. The molecule has 122 valence electrons. The van der Waals surface area contributed by atoms with E-state index >= 15 is 0 Å². The SMILES string of the molecule is Cc1nn(C)c(F)c1C(=O)Nc1ccccc1-c1ccc(Cl)cn1. The number of aryl methyl sites for hydroxylation is 2. The van der Waals surface area contributed by atoms with Crippen molar-refractivity contribution in [3.8, 4) is 11.3 Å². The summed E-state index contributed by atoms with van der Waals surface area (Å²) < 4.78 is 15.1. The van der Waals surface area contributed by atoms with Crippen LogP contribution in [0.2, 0.25) is 5.02 Å². The summed E-state index contributed by atoms with van der Waals surface area (Å²) in [6.07, 6.45) is 1.53. The van der Waals surface area contributed by atoms with E-state index < -0.39 is 11.9 Å². The molecule has 3 rings (SSSR count). The number of carbonyl (C=O) groups excluding carboxylic acids is 1. The second-order valence-corrected chi connectivity index (χ2v) is 5.67. The van der Waals surface area contributed by atoms with Crippen LogP contribution in [0.4, 0.5) is 10.1 Å². The maximum absolute atomic E-state index is 14.1. The Kier molecular flexibility index (Phi) is 4.31. The fourth-order valence-electron chi connectivity index (χ4n) is 2.42. The Bertz CT molecular complexity index is 905. The summed E-state index contributed by atoms with van der Waals surface area (Å²) in [6, 6.07) is 10.6. The van der Waals surface area contributed by atoms with Crippen molar-refractivity contribution in [3.63, 3.8) is 0 Å². The number of rotatable bonds is 3. The van der Waals surface area contributed by atoms with Gasteiger partial charge < -0.3 is 5.32 Å². The van der Waals surface area contributed by atoms with Crippen LogP contribution in [0.3, 0.4) is 0 Å². The second-order valence-electron chi connectivity index (χ2n) is 5.24. The van der Waals surface area contributed by atoms with Crippen molar-refractivity contribution in [1.29, 1.82) is 0 Å². The first-order valence-corrected chi connectivity index (χ1v) is 7.56. The maximum atomic E-state index is 14.1. The van der Waals surface area contributed by atoms with Gasteiger partial charge in [-0.3, -0.25) is 9.78 Å². The lowest BCUT2D eigenvalue weighted by molar-refractivity contribution is 0.102. The molecule has 5 nitrogen and oxygen atoms in total. The Hall–Kier alpha value is -2.73. The molecular formula is C17H14ClFN4O. The predicted octanol–water partition coefficient (Wildman–Crippen LogP) is 3.84. The quantitative estimate of drug-likeness (QED) is 0.785. The van der Waals surface area contributed by atoms with Gasteiger partial charge in [0.2, 0.25) is 5.95 Å². The van der Waals surface area contributed by atoms with Gasteiger partial charge in [-0.1, -0.05) is 29.8 Å². The molecule has 0 atom stereocenters. The first-order valence-electron chi connectivity index (χ1n) is 7.19. The average molecular weight is 345 g/mol. The summed E-state index contributed by atoms with van der Waals surface area (Å²) in [6.45, 7) is 1.59. The monoisotopic (exact) mass is 344 g/mol. The molecule has 0 spiro atoms. The Morgan fingerprint density at radius 3 is 2.62 bits per heavy atom. The molecule has 0 saturated carbocycles. The van der Waals surface area contributed by atoms with Crippen molar-refractivity contribution in [1.82, 2.24) is 14.8 Å². The van der Waals surface area contributed by atoms with Gasteiger partial charge >= 0.3 is 0 Å². The van der Waals surface area contributed by atoms with Crippen LogP contribution in [0.15, 0.2) is 42.6 Å². The van der Waals surface area contributed by atoms with E-state index in [2.05, 4.69) is 15.4 Å². The third-order valence-corrected chi connectivity index (χ3v) is 3.78. The van der Waals surface area contributed by atoms with E-state index in [1.807, 2.05) is 12.1 Å². The number of carbonyl (C=O) groups is 1. The number of halogens is 2. The van der Waals surface area contributed by atoms with Crippen molar-refractivity contribution in [3.05, 3.63) is 64.8 Å². The number of hydrogen-bond donors (Lipinski definition) is 1. The third-order valence-electron chi connectivity index (χ3n) is 3.56.